The molecule has 1 aliphatic carbocycles. The van der Waals surface area contributed by atoms with Gasteiger partial charge in [-0.05, 0) is 69.0 Å². The maximum absolute atomic E-state index is 13.3. The third-order valence-electron chi connectivity index (χ3n) is 6.03. The summed E-state index contributed by atoms with van der Waals surface area (Å²) in [5, 5.41) is 6.52. The lowest BCUT2D eigenvalue weighted by Gasteiger charge is -2.38. The molecule has 1 saturated carbocycles. The van der Waals surface area contributed by atoms with Crippen LogP contribution in [0, 0.1) is 11.8 Å². The fourth-order valence-electron chi connectivity index (χ4n) is 4.32. The van der Waals surface area contributed by atoms with E-state index < -0.39 is 5.54 Å². The number of nitrogens with zero attached hydrogens (tertiary/aromatic N) is 1. The van der Waals surface area contributed by atoms with E-state index in [9.17, 15) is 9.59 Å². The van der Waals surface area contributed by atoms with Crippen molar-refractivity contribution in [2.75, 3.05) is 19.6 Å². The normalized spacial score (nSPS) is 26.5. The fourth-order valence-corrected chi connectivity index (χ4v) is 4.32. The number of amides is 3. The van der Waals surface area contributed by atoms with Crippen molar-refractivity contribution < 1.29 is 9.59 Å². The Morgan fingerprint density at radius 2 is 1.73 bits per heavy atom. The van der Waals surface area contributed by atoms with E-state index in [2.05, 4.69) is 22.8 Å². The van der Waals surface area contributed by atoms with E-state index >= 15 is 0 Å². The summed E-state index contributed by atoms with van der Waals surface area (Å²) in [5.41, 5.74) is 0.502. The number of hydrogen-bond donors (Lipinski definition) is 2. The minimum Gasteiger partial charge on any atom is -0.323 e. The molecule has 3 aliphatic rings. The number of nitrogens with one attached hydrogen (secondary N) is 2. The molecule has 2 saturated heterocycles. The molecular weight excluding hydrogens is 350 g/mol. The summed E-state index contributed by atoms with van der Waals surface area (Å²) in [5.74, 6) is 0.762. The largest absolute Gasteiger partial charge is 0.325 e. The number of urea groups is 1. The molecule has 3 fully saturated rings. The highest BCUT2D eigenvalue weighted by molar-refractivity contribution is 6.07. The van der Waals surface area contributed by atoms with Crippen molar-refractivity contribution in [1.82, 2.24) is 15.5 Å². The maximum atomic E-state index is 13.3. The molecule has 5 nitrogen and oxygen atoms in total. The minimum atomic E-state index is -0.718. The highest BCUT2D eigenvalue weighted by Crippen LogP contribution is 2.38. The molecule has 1 aromatic rings. The van der Waals surface area contributed by atoms with Crippen molar-refractivity contribution >= 4 is 24.3 Å². The van der Waals surface area contributed by atoms with Gasteiger partial charge in [-0.15, -0.1) is 12.4 Å². The Kier molecular flexibility index (Phi) is 5.88. The van der Waals surface area contributed by atoms with Gasteiger partial charge in [0.25, 0.3) is 5.91 Å². The molecular formula is C20H28ClN3O2. The summed E-state index contributed by atoms with van der Waals surface area (Å²) in [4.78, 5) is 27.4. The smallest absolute Gasteiger partial charge is 0.323 e. The summed E-state index contributed by atoms with van der Waals surface area (Å²) >= 11 is 0. The summed E-state index contributed by atoms with van der Waals surface area (Å²) < 4.78 is 0. The summed E-state index contributed by atoms with van der Waals surface area (Å²) in [6, 6.07) is 10.1. The number of carbonyl (C=O) groups is 2. The molecule has 0 spiro atoms. The van der Waals surface area contributed by atoms with Gasteiger partial charge >= 0.3 is 6.03 Å². The van der Waals surface area contributed by atoms with Crippen molar-refractivity contribution in [3.63, 3.8) is 0 Å². The number of imide groups is 1. The van der Waals surface area contributed by atoms with Crippen molar-refractivity contribution in [2.24, 2.45) is 11.8 Å². The van der Waals surface area contributed by atoms with Gasteiger partial charge in [0.1, 0.15) is 5.54 Å². The highest BCUT2D eigenvalue weighted by atomic mass is 35.5. The summed E-state index contributed by atoms with van der Waals surface area (Å²) in [6.07, 6.45) is 5.67. The molecule has 0 aromatic heterocycles. The zero-order valence-corrected chi connectivity index (χ0v) is 15.9. The van der Waals surface area contributed by atoms with E-state index in [0.717, 1.165) is 45.2 Å². The standard InChI is InChI=1S/C20H27N3O2.ClH/c24-18-20(17-9-12-21-13-10-17,11-8-15-4-2-1-3-5-15)22-19(25)23(18)14-16-6-7-16;/h1-5,16-17,21H,6-14H2,(H,22,25);1H. The lowest BCUT2D eigenvalue weighted by atomic mass is 9.74. The lowest BCUT2D eigenvalue weighted by molar-refractivity contribution is -0.134. The first-order valence-electron chi connectivity index (χ1n) is 9.58. The van der Waals surface area contributed by atoms with Gasteiger partial charge in [-0.25, -0.2) is 4.79 Å². The Hall–Kier alpha value is -1.59. The first kappa shape index (κ1) is 19.2. The van der Waals surface area contributed by atoms with Gasteiger partial charge in [0, 0.05) is 6.54 Å². The van der Waals surface area contributed by atoms with Crippen molar-refractivity contribution in [2.45, 2.75) is 44.1 Å². The van der Waals surface area contributed by atoms with Crippen LogP contribution in [-0.2, 0) is 11.2 Å². The molecule has 26 heavy (non-hydrogen) atoms. The molecule has 0 radical (unpaired) electrons. The van der Waals surface area contributed by atoms with Gasteiger partial charge in [0.15, 0.2) is 0 Å². The quantitative estimate of drug-likeness (QED) is 0.749. The Bertz CT molecular complexity index is 644. The average molecular weight is 378 g/mol. The van der Waals surface area contributed by atoms with Crippen molar-refractivity contribution in [3.05, 3.63) is 35.9 Å². The van der Waals surface area contributed by atoms with E-state index in [-0.39, 0.29) is 30.3 Å². The summed E-state index contributed by atoms with van der Waals surface area (Å²) in [7, 11) is 0. The van der Waals surface area contributed by atoms with E-state index in [1.807, 2.05) is 18.2 Å². The van der Waals surface area contributed by atoms with Gasteiger partial charge in [0.2, 0.25) is 0 Å². The molecule has 6 heteroatoms. The number of benzene rings is 1. The molecule has 1 aromatic carbocycles. The van der Waals surface area contributed by atoms with Crippen LogP contribution >= 0.6 is 12.4 Å². The molecule has 1 atom stereocenters. The second-order valence-electron chi connectivity index (χ2n) is 7.77. The summed E-state index contributed by atoms with van der Waals surface area (Å²) in [6.45, 7) is 2.44. The monoisotopic (exact) mass is 377 g/mol. The predicted octanol–water partition coefficient (Wildman–Crippen LogP) is 2.74. The highest BCUT2D eigenvalue weighted by Gasteiger charge is 2.55. The SMILES string of the molecule is Cl.O=C1NC(CCc2ccccc2)(C2CCNCC2)C(=O)N1CC1CC1. The number of aryl methyl sites for hydroxylation is 1. The van der Waals surface area contributed by atoms with E-state index in [1.54, 1.807) is 0 Å². The zero-order valence-electron chi connectivity index (χ0n) is 15.1. The van der Waals surface area contributed by atoms with Crippen molar-refractivity contribution in [1.29, 1.82) is 0 Å². The van der Waals surface area contributed by atoms with Crippen molar-refractivity contribution in [3.8, 4) is 0 Å². The van der Waals surface area contributed by atoms with Crippen LogP contribution in [0.4, 0.5) is 4.79 Å². The van der Waals surface area contributed by atoms with Gasteiger partial charge in [0.05, 0.1) is 0 Å². The molecule has 0 bridgehead atoms. The van der Waals surface area contributed by atoms with Crippen LogP contribution in [0.1, 0.15) is 37.7 Å². The second kappa shape index (κ2) is 7.97. The Morgan fingerprint density at radius 1 is 1.04 bits per heavy atom. The number of carbonyl (C=O) groups excluding carboxylic acids is 2. The van der Waals surface area contributed by atoms with Crippen LogP contribution in [0.2, 0.25) is 0 Å². The van der Waals surface area contributed by atoms with Crippen LogP contribution in [0.5, 0.6) is 0 Å². The maximum Gasteiger partial charge on any atom is 0.325 e. The number of piperidine rings is 1. The number of halogens is 1. The van der Waals surface area contributed by atoms with Crippen LogP contribution in [0.15, 0.2) is 30.3 Å². The fraction of sp³-hybridized carbons (Fsp3) is 0.600. The predicted molar refractivity (Wildman–Crippen MR) is 103 cm³/mol. The zero-order chi connectivity index (χ0) is 17.3. The van der Waals surface area contributed by atoms with Gasteiger partial charge < -0.3 is 10.6 Å². The van der Waals surface area contributed by atoms with E-state index in [1.165, 1.54) is 10.5 Å². The first-order valence-corrected chi connectivity index (χ1v) is 9.58. The Morgan fingerprint density at radius 3 is 2.38 bits per heavy atom. The Balaban J connectivity index is 0.00000196. The molecule has 2 heterocycles. The minimum absolute atomic E-state index is 0. The lowest BCUT2D eigenvalue weighted by Crippen LogP contribution is -2.56. The molecule has 1 unspecified atom stereocenters. The number of hydrogen-bond acceptors (Lipinski definition) is 3. The third-order valence-corrected chi connectivity index (χ3v) is 6.03. The topological polar surface area (TPSA) is 61.4 Å². The molecule has 2 aliphatic heterocycles. The van der Waals surface area contributed by atoms with Crippen LogP contribution < -0.4 is 10.6 Å². The third kappa shape index (κ3) is 3.74. The van der Waals surface area contributed by atoms with Gasteiger partial charge in [-0.2, -0.15) is 0 Å². The molecule has 3 amide bonds. The van der Waals surface area contributed by atoms with Crippen LogP contribution in [0.3, 0.4) is 0 Å². The van der Waals surface area contributed by atoms with Crippen LogP contribution in [-0.4, -0.2) is 42.0 Å². The molecule has 4 rings (SSSR count). The van der Waals surface area contributed by atoms with Gasteiger partial charge in [-0.1, -0.05) is 30.3 Å². The van der Waals surface area contributed by atoms with Crippen LogP contribution in [0.25, 0.3) is 0 Å². The molecule has 2 N–H and O–H groups in total. The Labute approximate surface area is 161 Å². The van der Waals surface area contributed by atoms with E-state index in [0.29, 0.717) is 18.9 Å². The van der Waals surface area contributed by atoms with Gasteiger partial charge in [-0.3, -0.25) is 9.69 Å². The number of rotatable bonds is 6. The van der Waals surface area contributed by atoms with E-state index in [4.69, 9.17) is 0 Å². The average Bonchev–Trinajstić information content (AvgIpc) is 3.44. The first-order chi connectivity index (χ1) is 12.2. The molecule has 142 valence electrons. The second-order valence-corrected chi connectivity index (χ2v) is 7.77.